The summed E-state index contributed by atoms with van der Waals surface area (Å²) in [5, 5.41) is 10.4. The van der Waals surface area contributed by atoms with Crippen molar-refractivity contribution in [2.45, 2.75) is 75.8 Å². The third kappa shape index (κ3) is 8.68. The number of pyridine rings is 1. The molecule has 2 unspecified atom stereocenters. The van der Waals surface area contributed by atoms with Crippen LogP contribution >= 0.6 is 0 Å². The zero-order valence-electron chi connectivity index (χ0n) is 37.1. The third-order valence-corrected chi connectivity index (χ3v) is 16.1. The van der Waals surface area contributed by atoms with Crippen molar-refractivity contribution >= 4 is 50.2 Å². The molecule has 4 fully saturated rings. The van der Waals surface area contributed by atoms with E-state index in [1.165, 1.54) is 16.7 Å². The smallest absolute Gasteiger partial charge is 0.301 e. The fourth-order valence-electron chi connectivity index (χ4n) is 10.6. The minimum atomic E-state index is -4.35. The molecule has 2 aromatic heterocycles. The average Bonchev–Trinajstić information content (AvgIpc) is 4.06. The lowest BCUT2D eigenvalue weighted by atomic mass is 9.87. The number of benzene rings is 3. The van der Waals surface area contributed by atoms with E-state index in [9.17, 15) is 32.3 Å². The molecule has 5 aliphatic heterocycles. The van der Waals surface area contributed by atoms with Gasteiger partial charge in [-0.1, -0.05) is 24.3 Å². The topological polar surface area (TPSA) is 162 Å². The van der Waals surface area contributed by atoms with Gasteiger partial charge >= 0.3 is 10.2 Å². The monoisotopic (exact) mass is 938 g/mol. The first-order valence-electron chi connectivity index (χ1n) is 23.1. The number of aliphatic hydroxyl groups is 1. The predicted octanol–water partition coefficient (Wildman–Crippen LogP) is 6.43. The highest BCUT2D eigenvalue weighted by atomic mass is 32.2. The van der Waals surface area contributed by atoms with Crippen LogP contribution < -0.4 is 9.62 Å². The van der Waals surface area contributed by atoms with E-state index in [0.29, 0.717) is 53.4 Å². The number of alkyl halides is 1. The number of nitrogens with zero attached hydrogens (tertiary/aromatic N) is 6. The van der Waals surface area contributed by atoms with Gasteiger partial charge in [0.1, 0.15) is 29.9 Å². The number of hydrogen-bond donors (Lipinski definition) is 3. The number of aromatic amines is 1. The highest BCUT2D eigenvalue weighted by Gasteiger charge is 2.42. The van der Waals surface area contributed by atoms with E-state index in [-0.39, 0.29) is 36.9 Å². The molecule has 5 aromatic rings. The van der Waals surface area contributed by atoms with Gasteiger partial charge in [-0.3, -0.25) is 19.1 Å². The Bertz CT molecular complexity index is 2850. The van der Waals surface area contributed by atoms with E-state index in [4.69, 9.17) is 0 Å². The van der Waals surface area contributed by atoms with E-state index >= 15 is 8.78 Å². The predicted molar refractivity (Wildman–Crippen MR) is 246 cm³/mol. The van der Waals surface area contributed by atoms with E-state index in [0.717, 1.165) is 91.7 Å². The van der Waals surface area contributed by atoms with Crippen LogP contribution in [0.15, 0.2) is 73.1 Å². The number of likely N-dealkylation sites (N-methyl/N-ethyl adjacent to an activating group) is 1. The number of fused-ring (bicyclic) bond motifs is 2. The van der Waals surface area contributed by atoms with Crippen molar-refractivity contribution < 1.29 is 41.1 Å². The lowest BCUT2D eigenvalue weighted by Gasteiger charge is -2.38. The molecule has 0 saturated carbocycles. The highest BCUT2D eigenvalue weighted by Crippen LogP contribution is 2.36. The number of amides is 2. The molecule has 14 nitrogen and oxygen atoms in total. The van der Waals surface area contributed by atoms with Crippen molar-refractivity contribution in [3.8, 4) is 11.1 Å². The zero-order valence-corrected chi connectivity index (χ0v) is 38.0. The second-order valence-corrected chi connectivity index (χ2v) is 20.4. The Hall–Kier alpha value is -5.82. The van der Waals surface area contributed by atoms with E-state index in [2.05, 4.69) is 44.0 Å². The normalized spacial score (nSPS) is 22.6. The number of carbonyl (C=O) groups is 3. The standard InChI is InChI=1S/C49H53F3N8O6S/c1-56-43(61)11-10-42(49(56)64)60-27-34-22-32(4-7-37(34)48(60)63)31-14-17-57(18-15-31)26-29-12-19-58(20-13-29)36-5-2-30(3-6-36)33-23-38-39(25-54-47(38)53-24-33)46(62)44-40(51)8-9-41(45(44)52)55-67(65,66)59-21-16-35(50)28-59/h2-9,22-25,29,31,35,42-43,55,61H,10-21,26-28H2,1H3,(H,53,54)/t35-,42?,43?/m1/s1. The Morgan fingerprint density at radius 1 is 0.896 bits per heavy atom. The van der Waals surface area contributed by atoms with Crippen LogP contribution in [-0.2, 0) is 21.5 Å². The minimum absolute atomic E-state index is 0.00574. The molecule has 2 amide bonds. The zero-order chi connectivity index (χ0) is 46.7. The van der Waals surface area contributed by atoms with Gasteiger partial charge in [0.05, 0.1) is 11.3 Å². The summed E-state index contributed by atoms with van der Waals surface area (Å²) in [7, 11) is -2.77. The van der Waals surface area contributed by atoms with Crippen LogP contribution in [0, 0.1) is 17.6 Å². The summed E-state index contributed by atoms with van der Waals surface area (Å²) in [6.07, 6.45) is 6.01. The number of ketones is 1. The molecule has 3 aromatic carbocycles. The Kier molecular flexibility index (Phi) is 12.1. The number of likely N-dealkylation sites (tertiary alicyclic amines) is 2. The van der Waals surface area contributed by atoms with Gasteiger partial charge in [0.15, 0.2) is 5.82 Å². The largest absolute Gasteiger partial charge is 0.374 e. The van der Waals surface area contributed by atoms with Gasteiger partial charge in [-0.25, -0.2) is 18.2 Å². The van der Waals surface area contributed by atoms with E-state index in [1.807, 2.05) is 22.9 Å². The first-order chi connectivity index (χ1) is 32.2. The van der Waals surface area contributed by atoms with Gasteiger partial charge in [0.2, 0.25) is 11.7 Å². The van der Waals surface area contributed by atoms with Crippen LogP contribution in [0.4, 0.5) is 24.5 Å². The lowest BCUT2D eigenvalue weighted by molar-refractivity contribution is -0.150. The summed E-state index contributed by atoms with van der Waals surface area (Å²) >= 11 is 0. The molecule has 3 atom stereocenters. The summed E-state index contributed by atoms with van der Waals surface area (Å²) in [4.78, 5) is 55.4. The number of rotatable bonds is 11. The van der Waals surface area contributed by atoms with Crippen LogP contribution in [0.1, 0.15) is 88.3 Å². The summed E-state index contributed by atoms with van der Waals surface area (Å²) < 4.78 is 73.2. The maximum atomic E-state index is 15.8. The second kappa shape index (κ2) is 18.0. The minimum Gasteiger partial charge on any atom is -0.374 e. The molecule has 10 rings (SSSR count). The van der Waals surface area contributed by atoms with Gasteiger partial charge in [-0.05, 0) is 123 Å². The number of anilines is 2. The van der Waals surface area contributed by atoms with Crippen molar-refractivity contribution in [3.63, 3.8) is 0 Å². The van der Waals surface area contributed by atoms with Gasteiger partial charge in [-0.15, -0.1) is 0 Å². The molecule has 3 N–H and O–H groups in total. The molecule has 5 aliphatic rings. The fourth-order valence-corrected chi connectivity index (χ4v) is 11.9. The SMILES string of the molecule is CN1C(=O)C(N2Cc3cc(C4CCN(CC5CCN(c6ccc(-c7cnc8[nH]cc(C(=O)c9c(F)ccc(NS(=O)(=O)N%10CC[C@@H](F)C%10)c9F)c8c7)cc6)CC5)CC4)ccc3C2=O)CCC1O. The van der Waals surface area contributed by atoms with Crippen LogP contribution in [0.3, 0.4) is 0 Å². The van der Waals surface area contributed by atoms with Crippen LogP contribution in [0.2, 0.25) is 0 Å². The molecule has 0 bridgehead atoms. The molecule has 18 heteroatoms. The first kappa shape index (κ1) is 45.0. The van der Waals surface area contributed by atoms with Crippen molar-refractivity contribution in [1.29, 1.82) is 0 Å². The van der Waals surface area contributed by atoms with Gasteiger partial charge < -0.3 is 29.7 Å². The van der Waals surface area contributed by atoms with Gasteiger partial charge in [0.25, 0.3) is 5.91 Å². The van der Waals surface area contributed by atoms with Gasteiger partial charge in [-0.2, -0.15) is 12.7 Å². The molecular formula is C49H53F3N8O6S. The Balaban J connectivity index is 0.727. The number of H-pyrrole nitrogens is 1. The van der Waals surface area contributed by atoms with Crippen molar-refractivity contribution in [2.75, 3.05) is 62.5 Å². The van der Waals surface area contributed by atoms with Crippen molar-refractivity contribution in [2.24, 2.45) is 5.92 Å². The van der Waals surface area contributed by atoms with Crippen LogP contribution in [0.5, 0.6) is 0 Å². The number of piperidine rings is 3. The molecule has 0 aliphatic carbocycles. The number of halogens is 3. The average molecular weight is 939 g/mol. The maximum absolute atomic E-state index is 15.8. The summed E-state index contributed by atoms with van der Waals surface area (Å²) in [5.74, 6) is -2.84. The van der Waals surface area contributed by atoms with Crippen LogP contribution in [-0.4, -0.2) is 131 Å². The van der Waals surface area contributed by atoms with Crippen molar-refractivity contribution in [1.82, 2.24) is 29.0 Å². The Labute approximate surface area is 386 Å². The molecule has 4 saturated heterocycles. The maximum Gasteiger partial charge on any atom is 0.301 e. The number of aliphatic hydroxyl groups excluding tert-OH is 1. The lowest BCUT2D eigenvalue weighted by Crippen LogP contribution is -2.54. The molecule has 352 valence electrons. The third-order valence-electron chi connectivity index (χ3n) is 14.6. The van der Waals surface area contributed by atoms with Crippen LogP contribution in [0.25, 0.3) is 22.2 Å². The molecule has 7 heterocycles. The molecule has 67 heavy (non-hydrogen) atoms. The first-order valence-corrected chi connectivity index (χ1v) is 24.5. The van der Waals surface area contributed by atoms with E-state index in [1.54, 1.807) is 24.2 Å². The number of nitrogens with one attached hydrogen (secondary N) is 2. The second-order valence-electron chi connectivity index (χ2n) is 18.7. The quantitative estimate of drug-likeness (QED) is 0.127. The fraction of sp³-hybridized carbons (Fsp3) is 0.429. The number of aromatic nitrogens is 2. The Morgan fingerprint density at radius 3 is 2.39 bits per heavy atom. The molecular weight excluding hydrogens is 886 g/mol. The summed E-state index contributed by atoms with van der Waals surface area (Å²) in [6, 6.07) is 17.2. The van der Waals surface area contributed by atoms with E-state index < -0.39 is 57.3 Å². The number of hydrogen-bond acceptors (Lipinski definition) is 9. The summed E-state index contributed by atoms with van der Waals surface area (Å²) in [6.45, 7) is 4.92. The van der Waals surface area contributed by atoms with Crippen molar-refractivity contribution in [3.05, 3.63) is 113 Å². The molecule has 0 radical (unpaired) electrons. The highest BCUT2D eigenvalue weighted by molar-refractivity contribution is 7.90. The molecule has 0 spiro atoms. The van der Waals surface area contributed by atoms with Gasteiger partial charge in [0, 0.05) is 86.5 Å². The number of carbonyl (C=O) groups excluding carboxylic acids is 3. The summed E-state index contributed by atoms with van der Waals surface area (Å²) in [5.41, 5.74) is 4.27. The Morgan fingerprint density at radius 2 is 1.66 bits per heavy atom.